The van der Waals surface area contributed by atoms with Crippen LogP contribution in [0.4, 0.5) is 8.78 Å². The van der Waals surface area contributed by atoms with Gasteiger partial charge in [0.05, 0.1) is 5.56 Å². The molecular formula is C13H8F2O3S. The topological polar surface area (TPSA) is 57.5 Å². The van der Waals surface area contributed by atoms with Gasteiger partial charge in [-0.1, -0.05) is 6.07 Å². The molecule has 2 aromatic carbocycles. The van der Waals surface area contributed by atoms with E-state index >= 15 is 0 Å². The first-order valence-corrected chi connectivity index (χ1v) is 5.94. The zero-order valence-corrected chi connectivity index (χ0v) is 10.2. The van der Waals surface area contributed by atoms with E-state index in [9.17, 15) is 13.6 Å². The highest BCUT2D eigenvalue weighted by Gasteiger charge is 2.16. The van der Waals surface area contributed by atoms with Crippen molar-refractivity contribution >= 4 is 18.0 Å². The SMILES string of the molecule is O=C(O)c1cc(SO)ccc1-c1ccc(F)cc1F. The molecule has 2 N–H and O–H groups in total. The third-order valence-electron chi connectivity index (χ3n) is 2.55. The fraction of sp³-hybridized carbons (Fsp3) is 0. The lowest BCUT2D eigenvalue weighted by Crippen LogP contribution is -2.01. The molecule has 0 spiro atoms. The predicted octanol–water partition coefficient (Wildman–Crippen LogP) is 3.90. The van der Waals surface area contributed by atoms with E-state index in [0.29, 0.717) is 23.0 Å². The molecule has 3 nitrogen and oxygen atoms in total. The van der Waals surface area contributed by atoms with Gasteiger partial charge in [-0.2, -0.15) is 0 Å². The Morgan fingerprint density at radius 2 is 1.74 bits per heavy atom. The normalized spacial score (nSPS) is 10.5. The van der Waals surface area contributed by atoms with Crippen molar-refractivity contribution in [3.05, 3.63) is 53.6 Å². The van der Waals surface area contributed by atoms with Crippen molar-refractivity contribution in [2.24, 2.45) is 0 Å². The molecule has 19 heavy (non-hydrogen) atoms. The third-order valence-corrected chi connectivity index (χ3v) is 3.01. The Labute approximate surface area is 111 Å². The Hall–Kier alpha value is -1.92. The van der Waals surface area contributed by atoms with Crippen LogP contribution in [0.25, 0.3) is 11.1 Å². The van der Waals surface area contributed by atoms with E-state index in [0.717, 1.165) is 6.07 Å². The molecule has 0 heterocycles. The Balaban J connectivity index is 2.64. The lowest BCUT2D eigenvalue weighted by molar-refractivity contribution is 0.0697. The van der Waals surface area contributed by atoms with Gasteiger partial charge < -0.3 is 9.66 Å². The van der Waals surface area contributed by atoms with Crippen molar-refractivity contribution in [3.8, 4) is 11.1 Å². The number of rotatable bonds is 3. The fourth-order valence-electron chi connectivity index (χ4n) is 1.70. The second-order valence-corrected chi connectivity index (χ2v) is 4.38. The average molecular weight is 282 g/mol. The van der Waals surface area contributed by atoms with Gasteiger partial charge in [-0.3, -0.25) is 0 Å². The molecule has 0 saturated heterocycles. The molecule has 0 saturated carbocycles. The van der Waals surface area contributed by atoms with Crippen molar-refractivity contribution in [1.82, 2.24) is 0 Å². The summed E-state index contributed by atoms with van der Waals surface area (Å²) in [4.78, 5) is 11.5. The molecule has 98 valence electrons. The molecule has 0 unspecified atom stereocenters. The maximum atomic E-state index is 13.7. The van der Waals surface area contributed by atoms with E-state index in [1.807, 2.05) is 0 Å². The van der Waals surface area contributed by atoms with Gasteiger partial charge in [-0.05, 0) is 29.8 Å². The first-order valence-electron chi connectivity index (χ1n) is 5.17. The van der Waals surface area contributed by atoms with E-state index < -0.39 is 17.6 Å². The molecule has 0 aliphatic rings. The molecule has 0 atom stereocenters. The standard InChI is InChI=1S/C13H8F2O3S/c14-7-1-3-10(12(15)5-7)9-4-2-8(19-18)6-11(9)13(16)17/h1-6,18H,(H,16,17). The molecule has 0 fully saturated rings. The van der Waals surface area contributed by atoms with Gasteiger partial charge >= 0.3 is 5.97 Å². The van der Waals surface area contributed by atoms with Crippen LogP contribution in [-0.2, 0) is 0 Å². The van der Waals surface area contributed by atoms with Crippen LogP contribution in [0, 0.1) is 11.6 Å². The molecule has 0 amide bonds. The molecule has 0 aliphatic heterocycles. The minimum absolute atomic E-state index is 0.00621. The number of carbonyl (C=O) groups is 1. The number of carboxylic acid groups (broad SMARTS) is 1. The van der Waals surface area contributed by atoms with Crippen LogP contribution in [0.15, 0.2) is 41.3 Å². The molecule has 6 heteroatoms. The zero-order chi connectivity index (χ0) is 14.0. The van der Waals surface area contributed by atoms with E-state index in [-0.39, 0.29) is 16.7 Å². The first-order chi connectivity index (χ1) is 9.02. The van der Waals surface area contributed by atoms with Crippen LogP contribution in [0.5, 0.6) is 0 Å². The first kappa shape index (κ1) is 13.5. The highest BCUT2D eigenvalue weighted by atomic mass is 32.2. The van der Waals surface area contributed by atoms with Crippen LogP contribution >= 0.6 is 12.0 Å². The molecule has 0 aromatic heterocycles. The summed E-state index contributed by atoms with van der Waals surface area (Å²) in [5.41, 5.74) is -0.0411. The van der Waals surface area contributed by atoms with E-state index in [1.54, 1.807) is 0 Å². The Kier molecular flexibility index (Phi) is 3.82. The van der Waals surface area contributed by atoms with Gasteiger partial charge in [0.2, 0.25) is 0 Å². The lowest BCUT2D eigenvalue weighted by Gasteiger charge is -2.08. The van der Waals surface area contributed by atoms with Crippen LogP contribution in [-0.4, -0.2) is 15.6 Å². The molecular weight excluding hydrogens is 274 g/mol. The number of halogens is 2. The second-order valence-electron chi connectivity index (χ2n) is 3.73. The zero-order valence-electron chi connectivity index (χ0n) is 9.43. The van der Waals surface area contributed by atoms with Gasteiger partial charge in [0.25, 0.3) is 0 Å². The van der Waals surface area contributed by atoms with Crippen molar-refractivity contribution in [2.45, 2.75) is 4.90 Å². The van der Waals surface area contributed by atoms with Gasteiger partial charge in [-0.25, -0.2) is 13.6 Å². The molecule has 0 aliphatic carbocycles. The quantitative estimate of drug-likeness (QED) is 0.838. The largest absolute Gasteiger partial charge is 0.478 e. The minimum atomic E-state index is -1.25. The molecule has 0 bridgehead atoms. The number of carboxylic acids is 1. The number of hydrogen-bond donors (Lipinski definition) is 2. The summed E-state index contributed by atoms with van der Waals surface area (Å²) in [6.07, 6.45) is 0. The van der Waals surface area contributed by atoms with Crippen molar-refractivity contribution in [2.75, 3.05) is 0 Å². The number of hydrogen-bond acceptors (Lipinski definition) is 3. The van der Waals surface area contributed by atoms with Gasteiger partial charge in [0, 0.05) is 28.6 Å². The minimum Gasteiger partial charge on any atom is -0.478 e. The summed E-state index contributed by atoms with van der Waals surface area (Å²) in [5, 5.41) is 9.11. The number of benzene rings is 2. The summed E-state index contributed by atoms with van der Waals surface area (Å²) < 4.78 is 35.4. The second kappa shape index (κ2) is 5.38. The van der Waals surface area contributed by atoms with Gasteiger partial charge in [0.15, 0.2) is 0 Å². The highest BCUT2D eigenvalue weighted by Crippen LogP contribution is 2.30. The monoisotopic (exact) mass is 282 g/mol. The van der Waals surface area contributed by atoms with Crippen LogP contribution in [0.1, 0.15) is 10.4 Å². The molecule has 0 radical (unpaired) electrons. The summed E-state index contributed by atoms with van der Waals surface area (Å²) in [7, 11) is 0. The fourth-order valence-corrected chi connectivity index (χ4v) is 2.00. The maximum absolute atomic E-state index is 13.7. The third kappa shape index (κ3) is 2.74. The average Bonchev–Trinajstić information content (AvgIpc) is 2.38. The summed E-state index contributed by atoms with van der Waals surface area (Å²) in [5.74, 6) is -2.83. The Morgan fingerprint density at radius 3 is 2.32 bits per heavy atom. The van der Waals surface area contributed by atoms with Crippen LogP contribution in [0.2, 0.25) is 0 Å². The van der Waals surface area contributed by atoms with Crippen LogP contribution in [0.3, 0.4) is 0 Å². The van der Waals surface area contributed by atoms with Gasteiger partial charge in [0.1, 0.15) is 11.6 Å². The number of aromatic carboxylic acids is 1. The van der Waals surface area contributed by atoms with E-state index in [4.69, 9.17) is 9.66 Å². The Morgan fingerprint density at radius 1 is 1.05 bits per heavy atom. The highest BCUT2D eigenvalue weighted by molar-refractivity contribution is 7.93. The summed E-state index contributed by atoms with van der Waals surface area (Å²) >= 11 is 0.394. The summed E-state index contributed by atoms with van der Waals surface area (Å²) in [6, 6.07) is 6.98. The summed E-state index contributed by atoms with van der Waals surface area (Å²) in [6.45, 7) is 0. The van der Waals surface area contributed by atoms with E-state index in [1.165, 1.54) is 24.3 Å². The molecule has 2 aromatic rings. The molecule has 2 rings (SSSR count). The van der Waals surface area contributed by atoms with Crippen LogP contribution < -0.4 is 0 Å². The lowest BCUT2D eigenvalue weighted by atomic mass is 9.99. The predicted molar refractivity (Wildman–Crippen MR) is 67.2 cm³/mol. The van der Waals surface area contributed by atoms with Crippen molar-refractivity contribution in [1.29, 1.82) is 0 Å². The van der Waals surface area contributed by atoms with Crippen molar-refractivity contribution < 1.29 is 23.2 Å². The van der Waals surface area contributed by atoms with E-state index in [2.05, 4.69) is 0 Å². The van der Waals surface area contributed by atoms with Gasteiger partial charge in [-0.15, -0.1) is 0 Å². The smallest absolute Gasteiger partial charge is 0.336 e. The maximum Gasteiger partial charge on any atom is 0.336 e. The Bertz CT molecular complexity index is 644. The van der Waals surface area contributed by atoms with Crippen molar-refractivity contribution in [3.63, 3.8) is 0 Å².